The molecule has 12 heteroatoms. The molecule has 1 atom stereocenters. The van der Waals surface area contributed by atoms with Gasteiger partial charge in [-0.1, -0.05) is 6.07 Å². The normalized spacial score (nSPS) is 13.6. The molecule has 1 amide bonds. The lowest BCUT2D eigenvalue weighted by molar-refractivity contribution is -0.153. The number of hydrogen-bond acceptors (Lipinski definition) is 7. The van der Waals surface area contributed by atoms with Gasteiger partial charge in [-0.05, 0) is 55.5 Å². The lowest BCUT2D eigenvalue weighted by atomic mass is 9.98. The van der Waals surface area contributed by atoms with Gasteiger partial charge < -0.3 is 30.2 Å². The number of amides is 1. The minimum absolute atomic E-state index is 0.0397. The van der Waals surface area contributed by atoms with E-state index in [0.717, 1.165) is 48.0 Å². The van der Waals surface area contributed by atoms with E-state index in [0.29, 0.717) is 38.1 Å². The second-order valence-corrected chi connectivity index (χ2v) is 9.35. The second-order valence-electron chi connectivity index (χ2n) is 9.35. The summed E-state index contributed by atoms with van der Waals surface area (Å²) in [5.74, 6) is -1.82. The highest BCUT2D eigenvalue weighted by molar-refractivity contribution is 6.00. The smallest absolute Gasteiger partial charge is 0.422 e. The molecule has 3 N–H and O–H groups in total. The van der Waals surface area contributed by atoms with Crippen LogP contribution in [-0.4, -0.2) is 63.5 Å². The fourth-order valence-corrected chi connectivity index (χ4v) is 4.46. The zero-order valence-corrected chi connectivity index (χ0v) is 21.9. The molecule has 214 valence electrons. The number of esters is 1. The van der Waals surface area contributed by atoms with E-state index in [2.05, 4.69) is 16.3 Å². The summed E-state index contributed by atoms with van der Waals surface area (Å²) in [7, 11) is 0. The standard InChI is InChI=1S/C27H33F4N3O5/c1-17(33-7-11-38-24-15-21(28)4-5-23(24)39-16-27(29,30)31)12-19-13-20-6-9-34(8-3-10-37-18(2)35)25(20)22(14-19)26(32)36/h4-5,13-15,17,33H,3,6-12,16H2,1-2H3,(H2,32,36)/t17-/m1/s1. The van der Waals surface area contributed by atoms with Crippen LogP contribution in [0.4, 0.5) is 23.2 Å². The molecule has 1 heterocycles. The fourth-order valence-electron chi connectivity index (χ4n) is 4.46. The number of nitrogens with one attached hydrogen (secondary N) is 1. The number of nitrogens with zero attached hydrogens (tertiary/aromatic N) is 1. The Morgan fingerprint density at radius 3 is 2.59 bits per heavy atom. The zero-order valence-electron chi connectivity index (χ0n) is 21.9. The maximum absolute atomic E-state index is 13.6. The first kappa shape index (κ1) is 30.0. The summed E-state index contributed by atoms with van der Waals surface area (Å²) in [4.78, 5) is 25.3. The molecule has 0 radical (unpaired) electrons. The van der Waals surface area contributed by atoms with Crippen LogP contribution < -0.4 is 25.4 Å². The first-order valence-electron chi connectivity index (χ1n) is 12.6. The number of alkyl halides is 3. The Morgan fingerprint density at radius 1 is 1.13 bits per heavy atom. The molecule has 8 nitrogen and oxygen atoms in total. The molecule has 0 bridgehead atoms. The fraction of sp³-hybridized carbons (Fsp3) is 0.481. The molecular formula is C27H33F4N3O5. The maximum atomic E-state index is 13.6. The molecule has 2 aromatic rings. The summed E-state index contributed by atoms with van der Waals surface area (Å²) in [6.45, 7) is 3.86. The van der Waals surface area contributed by atoms with Gasteiger partial charge in [0.1, 0.15) is 12.4 Å². The Hall–Kier alpha value is -3.54. The summed E-state index contributed by atoms with van der Waals surface area (Å²) in [6.07, 6.45) is -2.55. The molecule has 0 spiro atoms. The van der Waals surface area contributed by atoms with Crippen LogP contribution in [0.5, 0.6) is 11.5 Å². The van der Waals surface area contributed by atoms with Crippen molar-refractivity contribution in [2.45, 2.75) is 45.3 Å². The van der Waals surface area contributed by atoms with Gasteiger partial charge in [-0.3, -0.25) is 9.59 Å². The number of benzene rings is 2. The number of carbonyl (C=O) groups is 2. The first-order chi connectivity index (χ1) is 18.4. The molecule has 2 aromatic carbocycles. The topological polar surface area (TPSA) is 103 Å². The summed E-state index contributed by atoms with van der Waals surface area (Å²) >= 11 is 0. The molecular weight excluding hydrogens is 522 g/mol. The summed E-state index contributed by atoms with van der Waals surface area (Å²) in [6, 6.07) is 6.87. The number of nitrogens with two attached hydrogens (primary N) is 1. The average Bonchev–Trinajstić information content (AvgIpc) is 3.25. The number of primary amides is 1. The predicted molar refractivity (Wildman–Crippen MR) is 137 cm³/mol. The number of fused-ring (bicyclic) bond motifs is 1. The number of rotatable bonds is 14. The monoisotopic (exact) mass is 555 g/mol. The molecule has 1 aliphatic heterocycles. The minimum Gasteiger partial charge on any atom is -0.488 e. The van der Waals surface area contributed by atoms with Gasteiger partial charge in [-0.2, -0.15) is 13.2 Å². The SMILES string of the molecule is CC(=O)OCCCN1CCc2cc(C[C@@H](C)NCCOc3cc(F)ccc3OCC(F)(F)F)cc(C(N)=O)c21. The molecule has 39 heavy (non-hydrogen) atoms. The second kappa shape index (κ2) is 13.5. The summed E-state index contributed by atoms with van der Waals surface area (Å²) < 4.78 is 66.2. The van der Waals surface area contributed by atoms with E-state index in [1.165, 1.54) is 6.92 Å². The van der Waals surface area contributed by atoms with Crippen LogP contribution in [0.3, 0.4) is 0 Å². The Kier molecular flexibility index (Phi) is 10.4. The van der Waals surface area contributed by atoms with Gasteiger partial charge in [-0.25, -0.2) is 4.39 Å². The van der Waals surface area contributed by atoms with Crippen LogP contribution in [0, 0.1) is 5.82 Å². The minimum atomic E-state index is -4.53. The van der Waals surface area contributed by atoms with Gasteiger partial charge in [-0.15, -0.1) is 0 Å². The van der Waals surface area contributed by atoms with E-state index in [1.807, 2.05) is 6.92 Å². The van der Waals surface area contributed by atoms with Gasteiger partial charge in [0.2, 0.25) is 0 Å². The van der Waals surface area contributed by atoms with E-state index in [1.54, 1.807) is 6.07 Å². The molecule has 3 rings (SSSR count). The summed E-state index contributed by atoms with van der Waals surface area (Å²) in [5, 5.41) is 3.25. The van der Waals surface area contributed by atoms with Gasteiger partial charge in [0.15, 0.2) is 18.1 Å². The lowest BCUT2D eigenvalue weighted by Crippen LogP contribution is -2.32. The molecule has 0 aliphatic carbocycles. The van der Waals surface area contributed by atoms with Crippen molar-refractivity contribution in [1.29, 1.82) is 0 Å². The Balaban J connectivity index is 1.54. The number of ether oxygens (including phenoxy) is 3. The highest BCUT2D eigenvalue weighted by Crippen LogP contribution is 2.34. The Morgan fingerprint density at radius 2 is 1.90 bits per heavy atom. The third-order valence-electron chi connectivity index (χ3n) is 6.05. The van der Waals surface area contributed by atoms with Crippen molar-refractivity contribution in [3.63, 3.8) is 0 Å². The third kappa shape index (κ3) is 9.31. The van der Waals surface area contributed by atoms with Crippen molar-refractivity contribution in [2.24, 2.45) is 5.73 Å². The molecule has 0 saturated heterocycles. The summed E-state index contributed by atoms with van der Waals surface area (Å²) in [5.41, 5.74) is 8.92. The van der Waals surface area contributed by atoms with Crippen molar-refractivity contribution in [3.8, 4) is 11.5 Å². The lowest BCUT2D eigenvalue weighted by Gasteiger charge is -2.22. The number of halogens is 4. The number of carbonyl (C=O) groups excluding carboxylic acids is 2. The van der Waals surface area contributed by atoms with E-state index >= 15 is 0 Å². The van der Waals surface area contributed by atoms with Crippen LogP contribution in [-0.2, 0) is 22.4 Å². The van der Waals surface area contributed by atoms with E-state index < -0.39 is 24.5 Å². The maximum Gasteiger partial charge on any atom is 0.422 e. The molecule has 1 aliphatic rings. The van der Waals surface area contributed by atoms with Crippen molar-refractivity contribution >= 4 is 17.6 Å². The van der Waals surface area contributed by atoms with E-state index in [9.17, 15) is 27.2 Å². The van der Waals surface area contributed by atoms with Crippen LogP contribution >= 0.6 is 0 Å². The predicted octanol–water partition coefficient (Wildman–Crippen LogP) is 3.78. The quantitative estimate of drug-likeness (QED) is 0.208. The highest BCUT2D eigenvalue weighted by atomic mass is 19.4. The van der Waals surface area contributed by atoms with Crippen molar-refractivity contribution in [3.05, 3.63) is 52.8 Å². The van der Waals surface area contributed by atoms with Crippen LogP contribution in [0.2, 0.25) is 0 Å². The van der Waals surface area contributed by atoms with E-state index in [4.69, 9.17) is 19.9 Å². The Bertz CT molecular complexity index is 1160. The third-order valence-corrected chi connectivity index (χ3v) is 6.05. The molecule has 0 unspecified atom stereocenters. The van der Waals surface area contributed by atoms with Gasteiger partial charge >= 0.3 is 12.1 Å². The highest BCUT2D eigenvalue weighted by Gasteiger charge is 2.29. The van der Waals surface area contributed by atoms with Crippen LogP contribution in [0.25, 0.3) is 0 Å². The molecule has 0 fully saturated rings. The molecule has 0 aromatic heterocycles. The molecule has 0 saturated carbocycles. The number of anilines is 1. The zero-order chi connectivity index (χ0) is 28.6. The van der Waals surface area contributed by atoms with Crippen LogP contribution in [0.1, 0.15) is 41.8 Å². The van der Waals surface area contributed by atoms with Crippen molar-refractivity contribution in [1.82, 2.24) is 5.32 Å². The average molecular weight is 556 g/mol. The van der Waals surface area contributed by atoms with Gasteiger partial charge in [0.25, 0.3) is 5.91 Å². The first-order valence-corrected chi connectivity index (χ1v) is 12.6. The van der Waals surface area contributed by atoms with E-state index in [-0.39, 0.29) is 30.1 Å². The van der Waals surface area contributed by atoms with Gasteiger partial charge in [0, 0.05) is 38.7 Å². The largest absolute Gasteiger partial charge is 0.488 e. The van der Waals surface area contributed by atoms with Crippen molar-refractivity contribution in [2.75, 3.05) is 44.4 Å². The Labute approximate surface area is 224 Å². The van der Waals surface area contributed by atoms with Crippen LogP contribution in [0.15, 0.2) is 30.3 Å². The number of hydrogen-bond donors (Lipinski definition) is 2. The van der Waals surface area contributed by atoms with Crippen molar-refractivity contribution < 1.29 is 41.4 Å². The van der Waals surface area contributed by atoms with Gasteiger partial charge in [0.05, 0.1) is 17.9 Å².